The third-order valence-corrected chi connectivity index (χ3v) is 1.59. The van der Waals surface area contributed by atoms with Gasteiger partial charge in [0, 0.05) is 19.6 Å². The second-order valence-electron chi connectivity index (χ2n) is 4.54. The molecule has 0 aromatic carbocycles. The zero-order chi connectivity index (χ0) is 13.3. The number of carboxylic acids is 1. The van der Waals surface area contributed by atoms with E-state index in [2.05, 4.69) is 5.32 Å². The fraction of sp³-hybridized carbons (Fsp3) is 0.818. The van der Waals surface area contributed by atoms with E-state index in [4.69, 9.17) is 14.6 Å². The number of aliphatic carboxylic acids is 1. The number of hydrogen-bond acceptors (Lipinski definition) is 4. The Labute approximate surface area is 101 Å². The molecular formula is C11H21NO5. The Bertz CT molecular complexity index is 247. The smallest absolute Gasteiger partial charge is 0.407 e. The van der Waals surface area contributed by atoms with Crippen LogP contribution in [0, 0.1) is 0 Å². The molecule has 6 nitrogen and oxygen atoms in total. The topological polar surface area (TPSA) is 84.9 Å². The zero-order valence-electron chi connectivity index (χ0n) is 10.6. The van der Waals surface area contributed by atoms with Crippen LogP contribution in [0.4, 0.5) is 4.79 Å². The van der Waals surface area contributed by atoms with Gasteiger partial charge in [0.05, 0.1) is 6.61 Å². The van der Waals surface area contributed by atoms with Crippen LogP contribution in [0.1, 0.15) is 33.6 Å². The molecule has 6 heteroatoms. The Morgan fingerprint density at radius 1 is 1.24 bits per heavy atom. The highest BCUT2D eigenvalue weighted by Crippen LogP contribution is 2.05. The van der Waals surface area contributed by atoms with Crippen LogP contribution in [-0.2, 0) is 14.3 Å². The van der Waals surface area contributed by atoms with E-state index in [9.17, 15) is 9.59 Å². The van der Waals surface area contributed by atoms with Crippen molar-refractivity contribution in [2.45, 2.75) is 39.2 Å². The number of carboxylic acid groups (broad SMARTS) is 1. The maximum atomic E-state index is 11.2. The lowest BCUT2D eigenvalue weighted by Crippen LogP contribution is -2.34. The fourth-order valence-electron chi connectivity index (χ4n) is 0.967. The minimum absolute atomic E-state index is 0.0967. The van der Waals surface area contributed by atoms with Crippen molar-refractivity contribution in [3.05, 3.63) is 0 Å². The second-order valence-corrected chi connectivity index (χ2v) is 4.54. The Balaban J connectivity index is 3.34. The minimum Gasteiger partial charge on any atom is -0.481 e. The van der Waals surface area contributed by atoms with Gasteiger partial charge in [-0.05, 0) is 27.2 Å². The van der Waals surface area contributed by atoms with Crippen molar-refractivity contribution in [1.29, 1.82) is 0 Å². The molecule has 0 atom stereocenters. The molecule has 2 N–H and O–H groups in total. The van der Waals surface area contributed by atoms with Gasteiger partial charge in [-0.1, -0.05) is 0 Å². The summed E-state index contributed by atoms with van der Waals surface area (Å²) in [6.07, 6.45) is 0.0907. The molecule has 0 spiro atoms. The molecule has 0 aliphatic heterocycles. The van der Waals surface area contributed by atoms with E-state index in [1.165, 1.54) is 0 Å². The van der Waals surface area contributed by atoms with Crippen LogP contribution in [-0.4, -0.2) is 42.5 Å². The van der Waals surface area contributed by atoms with E-state index in [1.54, 1.807) is 20.8 Å². The van der Waals surface area contributed by atoms with Gasteiger partial charge in [0.15, 0.2) is 0 Å². The predicted molar refractivity (Wildman–Crippen MR) is 61.9 cm³/mol. The molecule has 17 heavy (non-hydrogen) atoms. The van der Waals surface area contributed by atoms with Gasteiger partial charge in [0.2, 0.25) is 0 Å². The first-order valence-corrected chi connectivity index (χ1v) is 5.57. The number of carbonyl (C=O) groups excluding carboxylic acids is 1. The molecule has 0 aromatic rings. The summed E-state index contributed by atoms with van der Waals surface area (Å²) < 4.78 is 10.1. The van der Waals surface area contributed by atoms with Gasteiger partial charge < -0.3 is 19.9 Å². The van der Waals surface area contributed by atoms with E-state index in [-0.39, 0.29) is 6.42 Å². The Morgan fingerprint density at radius 3 is 2.41 bits per heavy atom. The van der Waals surface area contributed by atoms with Crippen LogP contribution < -0.4 is 5.32 Å². The van der Waals surface area contributed by atoms with Gasteiger partial charge >= 0.3 is 12.1 Å². The van der Waals surface area contributed by atoms with Gasteiger partial charge in [-0.3, -0.25) is 4.79 Å². The number of hydrogen-bond donors (Lipinski definition) is 2. The van der Waals surface area contributed by atoms with E-state index >= 15 is 0 Å². The molecule has 0 saturated heterocycles. The molecule has 0 rings (SSSR count). The van der Waals surface area contributed by atoms with Crippen LogP contribution in [0.25, 0.3) is 0 Å². The summed E-state index contributed by atoms with van der Waals surface area (Å²) >= 11 is 0. The first kappa shape index (κ1) is 15.7. The quantitative estimate of drug-likeness (QED) is 0.664. The number of ether oxygens (including phenoxy) is 2. The molecule has 0 radical (unpaired) electrons. The second kappa shape index (κ2) is 7.89. The maximum Gasteiger partial charge on any atom is 0.407 e. The number of carbonyl (C=O) groups is 2. The van der Waals surface area contributed by atoms with Crippen molar-refractivity contribution in [1.82, 2.24) is 5.32 Å². The van der Waals surface area contributed by atoms with Crippen molar-refractivity contribution in [3.63, 3.8) is 0 Å². The number of amides is 1. The zero-order valence-corrected chi connectivity index (χ0v) is 10.6. The molecule has 0 bridgehead atoms. The van der Waals surface area contributed by atoms with Crippen LogP contribution in [0.5, 0.6) is 0 Å². The molecule has 0 saturated carbocycles. The number of rotatable bonds is 7. The first-order chi connectivity index (χ1) is 7.81. The number of nitrogens with one attached hydrogen (secondary N) is 1. The molecule has 0 aliphatic rings. The van der Waals surface area contributed by atoms with Crippen molar-refractivity contribution >= 4 is 12.1 Å². The summed E-state index contributed by atoms with van der Waals surface area (Å²) in [4.78, 5) is 21.4. The highest BCUT2D eigenvalue weighted by molar-refractivity contribution is 5.67. The van der Waals surface area contributed by atoms with Gasteiger partial charge in [-0.25, -0.2) is 4.79 Å². The molecular weight excluding hydrogens is 226 g/mol. The Kier molecular flexibility index (Phi) is 7.29. The summed E-state index contributed by atoms with van der Waals surface area (Å²) in [6, 6.07) is 0. The highest BCUT2D eigenvalue weighted by atomic mass is 16.6. The molecule has 1 amide bonds. The standard InChI is InChI=1S/C11H21NO5/c1-11(2,3)17-10(15)12-6-8-16-7-4-5-9(13)14/h4-8H2,1-3H3,(H,12,15)(H,13,14). The predicted octanol–water partition coefficient (Wildman–Crippen LogP) is 1.39. The van der Waals surface area contributed by atoms with E-state index < -0.39 is 17.7 Å². The fourth-order valence-corrected chi connectivity index (χ4v) is 0.967. The van der Waals surface area contributed by atoms with Crippen LogP contribution >= 0.6 is 0 Å². The third kappa shape index (κ3) is 12.6. The van der Waals surface area contributed by atoms with E-state index in [0.717, 1.165) is 0 Å². The van der Waals surface area contributed by atoms with Crippen LogP contribution in [0.2, 0.25) is 0 Å². The van der Waals surface area contributed by atoms with Gasteiger partial charge in [-0.2, -0.15) is 0 Å². The first-order valence-electron chi connectivity index (χ1n) is 5.57. The molecule has 0 aliphatic carbocycles. The van der Waals surface area contributed by atoms with Crippen molar-refractivity contribution < 1.29 is 24.2 Å². The summed E-state index contributed by atoms with van der Waals surface area (Å²) in [5.74, 6) is -0.833. The summed E-state index contributed by atoms with van der Waals surface area (Å²) in [5.41, 5.74) is -0.508. The third-order valence-electron chi connectivity index (χ3n) is 1.59. The van der Waals surface area contributed by atoms with Crippen LogP contribution in [0.15, 0.2) is 0 Å². The van der Waals surface area contributed by atoms with Crippen molar-refractivity contribution in [2.24, 2.45) is 0 Å². The minimum atomic E-state index is -0.833. The number of alkyl carbamates (subject to hydrolysis) is 1. The molecule has 0 aromatic heterocycles. The largest absolute Gasteiger partial charge is 0.481 e. The highest BCUT2D eigenvalue weighted by Gasteiger charge is 2.15. The maximum absolute atomic E-state index is 11.2. The summed E-state index contributed by atoms with van der Waals surface area (Å²) in [5, 5.41) is 10.9. The van der Waals surface area contributed by atoms with Crippen LogP contribution in [0.3, 0.4) is 0 Å². The van der Waals surface area contributed by atoms with Crippen molar-refractivity contribution in [3.8, 4) is 0 Å². The SMILES string of the molecule is CC(C)(C)OC(=O)NCCOCCCC(=O)O. The van der Waals surface area contributed by atoms with Crippen molar-refractivity contribution in [2.75, 3.05) is 19.8 Å². The van der Waals surface area contributed by atoms with E-state index in [1.807, 2.05) is 0 Å². The Morgan fingerprint density at radius 2 is 1.88 bits per heavy atom. The lowest BCUT2D eigenvalue weighted by atomic mass is 10.2. The Hall–Kier alpha value is -1.30. The average molecular weight is 247 g/mol. The van der Waals surface area contributed by atoms with Gasteiger partial charge in [-0.15, -0.1) is 0 Å². The molecule has 0 fully saturated rings. The lowest BCUT2D eigenvalue weighted by molar-refractivity contribution is -0.137. The average Bonchev–Trinajstić information content (AvgIpc) is 2.12. The summed E-state index contributed by atoms with van der Waals surface area (Å²) in [7, 11) is 0. The monoisotopic (exact) mass is 247 g/mol. The lowest BCUT2D eigenvalue weighted by Gasteiger charge is -2.19. The summed E-state index contributed by atoms with van der Waals surface area (Å²) in [6.45, 7) is 6.43. The van der Waals surface area contributed by atoms with Gasteiger partial charge in [0.25, 0.3) is 0 Å². The molecule has 0 unspecified atom stereocenters. The van der Waals surface area contributed by atoms with E-state index in [0.29, 0.717) is 26.2 Å². The molecule has 0 heterocycles. The molecule has 100 valence electrons. The normalized spacial score (nSPS) is 11.0. The van der Waals surface area contributed by atoms with Gasteiger partial charge in [0.1, 0.15) is 5.60 Å².